The second-order valence-electron chi connectivity index (χ2n) is 5.80. The Morgan fingerprint density at radius 2 is 1.83 bits per heavy atom. The first-order valence-electron chi connectivity index (χ1n) is 6.93. The topological polar surface area (TPSA) is 61.4 Å². The molecule has 0 aromatic rings. The predicted octanol–water partition coefficient (Wildman–Crippen LogP) is 0.551. The average molecular weight is 275 g/mol. The summed E-state index contributed by atoms with van der Waals surface area (Å²) in [6.45, 7) is 4.46. The molecule has 0 unspecified atom stereocenters. The smallest absolute Gasteiger partial charge is 0.279 e. The maximum Gasteiger partial charge on any atom is 0.279 e. The molecule has 1 heterocycles. The fourth-order valence-corrected chi connectivity index (χ4v) is 4.38. The fraction of sp³-hybridized carbons (Fsp3) is 1.00. The van der Waals surface area contributed by atoms with Gasteiger partial charge < -0.3 is 5.32 Å². The molecule has 1 aliphatic carbocycles. The summed E-state index contributed by atoms with van der Waals surface area (Å²) in [5.41, 5.74) is 0. The molecular weight excluding hydrogens is 250 g/mol. The zero-order valence-corrected chi connectivity index (χ0v) is 12.2. The van der Waals surface area contributed by atoms with Gasteiger partial charge in [-0.05, 0) is 51.1 Å². The molecule has 0 amide bonds. The molecule has 2 fully saturated rings. The third-order valence-corrected chi connectivity index (χ3v) is 5.77. The van der Waals surface area contributed by atoms with Gasteiger partial charge in [0, 0.05) is 19.1 Å². The van der Waals surface area contributed by atoms with E-state index in [0.29, 0.717) is 24.9 Å². The van der Waals surface area contributed by atoms with E-state index >= 15 is 0 Å². The van der Waals surface area contributed by atoms with Crippen LogP contribution in [-0.2, 0) is 10.2 Å². The highest BCUT2D eigenvalue weighted by atomic mass is 32.2. The van der Waals surface area contributed by atoms with E-state index in [2.05, 4.69) is 17.0 Å². The molecule has 1 saturated heterocycles. The molecule has 1 aliphatic heterocycles. The molecule has 2 aliphatic rings. The third kappa shape index (κ3) is 3.44. The van der Waals surface area contributed by atoms with Gasteiger partial charge in [-0.25, -0.2) is 0 Å². The zero-order valence-electron chi connectivity index (χ0n) is 11.4. The molecule has 106 valence electrons. The Labute approximate surface area is 110 Å². The van der Waals surface area contributed by atoms with Crippen LogP contribution in [0.4, 0.5) is 0 Å². The maximum atomic E-state index is 12.2. The third-order valence-electron chi connectivity index (χ3n) is 4.10. The molecule has 0 aromatic heterocycles. The number of nitrogens with zero attached hydrogens (tertiary/aromatic N) is 1. The molecule has 5 nitrogen and oxygen atoms in total. The molecule has 0 bridgehead atoms. The lowest BCUT2D eigenvalue weighted by molar-refractivity contribution is 0.245. The zero-order chi connectivity index (χ0) is 13.2. The van der Waals surface area contributed by atoms with E-state index in [-0.39, 0.29) is 6.04 Å². The molecule has 0 atom stereocenters. The molecule has 0 spiro atoms. The summed E-state index contributed by atoms with van der Waals surface area (Å²) in [6, 6.07) is 0.167. The van der Waals surface area contributed by atoms with Gasteiger partial charge >= 0.3 is 0 Å². The number of rotatable bonds is 5. The highest BCUT2D eigenvalue weighted by molar-refractivity contribution is 7.87. The van der Waals surface area contributed by atoms with E-state index < -0.39 is 10.2 Å². The largest absolute Gasteiger partial charge is 0.319 e. The minimum absolute atomic E-state index is 0.167. The van der Waals surface area contributed by atoms with Crippen LogP contribution < -0.4 is 10.0 Å². The summed E-state index contributed by atoms with van der Waals surface area (Å²) in [4.78, 5) is 0. The molecule has 1 saturated carbocycles. The van der Waals surface area contributed by atoms with Crippen LogP contribution in [0.2, 0.25) is 0 Å². The second-order valence-corrected chi connectivity index (χ2v) is 7.50. The Morgan fingerprint density at radius 1 is 1.22 bits per heavy atom. The van der Waals surface area contributed by atoms with Crippen molar-refractivity contribution < 1.29 is 8.42 Å². The minimum atomic E-state index is -3.24. The van der Waals surface area contributed by atoms with E-state index in [1.165, 1.54) is 0 Å². The van der Waals surface area contributed by atoms with Crippen LogP contribution in [0.15, 0.2) is 0 Å². The van der Waals surface area contributed by atoms with Crippen molar-refractivity contribution in [3.05, 3.63) is 0 Å². The first-order chi connectivity index (χ1) is 8.51. The normalized spacial score (nSPS) is 31.2. The fourth-order valence-electron chi connectivity index (χ4n) is 2.93. The lowest BCUT2D eigenvalue weighted by atomic mass is 9.83. The lowest BCUT2D eigenvalue weighted by Crippen LogP contribution is -2.51. The van der Waals surface area contributed by atoms with Crippen molar-refractivity contribution in [2.45, 2.75) is 38.6 Å². The highest BCUT2D eigenvalue weighted by Gasteiger charge is 2.33. The average Bonchev–Trinajstić information content (AvgIpc) is 2.28. The van der Waals surface area contributed by atoms with E-state index in [1.807, 2.05) is 7.05 Å². The van der Waals surface area contributed by atoms with Gasteiger partial charge in [0.15, 0.2) is 0 Å². The van der Waals surface area contributed by atoms with Crippen molar-refractivity contribution in [3.63, 3.8) is 0 Å². The molecule has 2 rings (SSSR count). The first kappa shape index (κ1) is 14.2. The molecule has 0 radical (unpaired) electrons. The summed E-state index contributed by atoms with van der Waals surface area (Å²) in [7, 11) is -1.30. The Bertz CT molecular complexity index is 358. The van der Waals surface area contributed by atoms with Crippen LogP contribution in [0, 0.1) is 11.8 Å². The molecule has 6 heteroatoms. The van der Waals surface area contributed by atoms with Gasteiger partial charge in [-0.15, -0.1) is 0 Å². The predicted molar refractivity (Wildman–Crippen MR) is 72.5 cm³/mol. The molecule has 18 heavy (non-hydrogen) atoms. The monoisotopic (exact) mass is 275 g/mol. The quantitative estimate of drug-likeness (QED) is 0.770. The Kier molecular flexibility index (Phi) is 4.64. The van der Waals surface area contributed by atoms with Crippen molar-refractivity contribution in [1.29, 1.82) is 0 Å². The molecular formula is C12H25N3O2S. The standard InChI is InChI=1S/C12H25N3O2S/c1-10-7-12(8-10)14-18(16,17)15-5-3-11(4-6-15)9-13-2/h10-14H,3-9H2,1-2H3. The van der Waals surface area contributed by atoms with E-state index in [9.17, 15) is 8.42 Å². The number of hydrogen-bond donors (Lipinski definition) is 2. The Balaban J connectivity index is 1.80. The summed E-state index contributed by atoms with van der Waals surface area (Å²) in [6.07, 6.45) is 3.89. The summed E-state index contributed by atoms with van der Waals surface area (Å²) >= 11 is 0. The summed E-state index contributed by atoms with van der Waals surface area (Å²) in [5.74, 6) is 1.28. The van der Waals surface area contributed by atoms with Crippen molar-refractivity contribution in [2.75, 3.05) is 26.7 Å². The van der Waals surface area contributed by atoms with Gasteiger partial charge in [0.1, 0.15) is 0 Å². The van der Waals surface area contributed by atoms with Crippen LogP contribution in [0.1, 0.15) is 32.6 Å². The second kappa shape index (κ2) is 5.86. The van der Waals surface area contributed by atoms with Gasteiger partial charge in [0.2, 0.25) is 0 Å². The van der Waals surface area contributed by atoms with Gasteiger partial charge in [0.05, 0.1) is 0 Å². The SMILES string of the molecule is CNCC1CCN(S(=O)(=O)NC2CC(C)C2)CC1. The van der Waals surface area contributed by atoms with Crippen molar-refractivity contribution >= 4 is 10.2 Å². The van der Waals surface area contributed by atoms with Crippen LogP contribution in [0.25, 0.3) is 0 Å². The van der Waals surface area contributed by atoms with E-state index in [1.54, 1.807) is 4.31 Å². The van der Waals surface area contributed by atoms with Gasteiger partial charge in [-0.3, -0.25) is 0 Å². The lowest BCUT2D eigenvalue weighted by Gasteiger charge is -2.36. The highest BCUT2D eigenvalue weighted by Crippen LogP contribution is 2.27. The van der Waals surface area contributed by atoms with Crippen LogP contribution in [0.3, 0.4) is 0 Å². The van der Waals surface area contributed by atoms with E-state index in [0.717, 1.165) is 32.2 Å². The van der Waals surface area contributed by atoms with Crippen molar-refractivity contribution in [2.24, 2.45) is 11.8 Å². The van der Waals surface area contributed by atoms with Crippen molar-refractivity contribution in [3.8, 4) is 0 Å². The Morgan fingerprint density at radius 3 is 2.33 bits per heavy atom. The minimum Gasteiger partial charge on any atom is -0.319 e. The van der Waals surface area contributed by atoms with Gasteiger partial charge in [-0.1, -0.05) is 6.92 Å². The van der Waals surface area contributed by atoms with Crippen LogP contribution in [-0.4, -0.2) is 45.4 Å². The van der Waals surface area contributed by atoms with Gasteiger partial charge in [0.25, 0.3) is 10.2 Å². The number of nitrogens with one attached hydrogen (secondary N) is 2. The van der Waals surface area contributed by atoms with Crippen molar-refractivity contribution in [1.82, 2.24) is 14.3 Å². The summed E-state index contributed by atoms with van der Waals surface area (Å²) in [5, 5.41) is 3.16. The van der Waals surface area contributed by atoms with Crippen LogP contribution in [0.5, 0.6) is 0 Å². The first-order valence-corrected chi connectivity index (χ1v) is 8.37. The van der Waals surface area contributed by atoms with E-state index in [4.69, 9.17) is 0 Å². The molecule has 2 N–H and O–H groups in total. The van der Waals surface area contributed by atoms with Crippen LogP contribution >= 0.6 is 0 Å². The number of piperidine rings is 1. The van der Waals surface area contributed by atoms with Gasteiger partial charge in [-0.2, -0.15) is 17.4 Å². The Hall–Kier alpha value is -0.170. The molecule has 0 aromatic carbocycles. The number of hydrogen-bond acceptors (Lipinski definition) is 3. The summed E-state index contributed by atoms with van der Waals surface area (Å²) < 4.78 is 28.8. The maximum absolute atomic E-state index is 12.2.